The van der Waals surface area contributed by atoms with E-state index in [-0.39, 0.29) is 0 Å². The first-order valence-electron chi connectivity index (χ1n) is 3.18. The largest absolute Gasteiger partial charge is 0.497 e. The summed E-state index contributed by atoms with van der Waals surface area (Å²) in [7, 11) is 1.66. The Kier molecular flexibility index (Phi) is 5.87. The second-order valence-electron chi connectivity index (χ2n) is 1.76. The first-order valence-corrected chi connectivity index (χ1v) is 3.18. The lowest BCUT2D eigenvalue weighted by atomic mass is 10.3. The minimum Gasteiger partial charge on any atom is -0.497 e. The maximum absolute atomic E-state index is 9.67. The Morgan fingerprint density at radius 1 is 1.08 bits per heavy atom. The minimum atomic E-state index is -3.67. The second-order valence-corrected chi connectivity index (χ2v) is 1.76. The SMILES string of the molecule is COc1ccccc1.FC(F)F. The molecule has 0 aliphatic heterocycles. The number of hydrogen-bond donors (Lipinski definition) is 0. The van der Waals surface area contributed by atoms with E-state index in [1.807, 2.05) is 30.3 Å². The summed E-state index contributed by atoms with van der Waals surface area (Å²) in [6, 6.07) is 9.68. The van der Waals surface area contributed by atoms with Crippen LogP contribution in [-0.2, 0) is 0 Å². The first-order chi connectivity index (χ1) is 5.66. The third-order valence-electron chi connectivity index (χ3n) is 0.979. The van der Waals surface area contributed by atoms with Crippen LogP contribution in [0.1, 0.15) is 0 Å². The number of rotatable bonds is 1. The van der Waals surface area contributed by atoms with Crippen molar-refractivity contribution in [1.29, 1.82) is 0 Å². The van der Waals surface area contributed by atoms with E-state index in [1.165, 1.54) is 0 Å². The Bertz CT molecular complexity index is 186. The standard InChI is InChI=1S/C7H8O.CHF3/c1-8-7-5-3-2-4-6-7;2-1(3)4/h2-6H,1H3;1H. The lowest BCUT2D eigenvalue weighted by Crippen LogP contribution is -1.78. The molecule has 1 aromatic carbocycles. The van der Waals surface area contributed by atoms with E-state index in [0.29, 0.717) is 0 Å². The average molecular weight is 178 g/mol. The van der Waals surface area contributed by atoms with Crippen molar-refractivity contribution in [1.82, 2.24) is 0 Å². The van der Waals surface area contributed by atoms with Gasteiger partial charge in [-0.15, -0.1) is 0 Å². The molecule has 0 saturated carbocycles. The molecule has 0 saturated heterocycles. The van der Waals surface area contributed by atoms with Crippen LogP contribution in [0.4, 0.5) is 13.2 Å². The normalized spacial score (nSPS) is 8.75. The highest BCUT2D eigenvalue weighted by Gasteiger charge is 1.86. The van der Waals surface area contributed by atoms with Gasteiger partial charge in [-0.2, -0.15) is 13.2 Å². The summed E-state index contributed by atoms with van der Waals surface area (Å²) < 4.78 is 33.9. The molecule has 0 spiro atoms. The molecule has 0 fully saturated rings. The number of benzene rings is 1. The van der Waals surface area contributed by atoms with E-state index >= 15 is 0 Å². The molecule has 0 unspecified atom stereocenters. The minimum absolute atomic E-state index is 0.910. The summed E-state index contributed by atoms with van der Waals surface area (Å²) in [5, 5.41) is 0. The van der Waals surface area contributed by atoms with Crippen LogP contribution in [0.15, 0.2) is 30.3 Å². The van der Waals surface area contributed by atoms with Gasteiger partial charge in [0.2, 0.25) is 0 Å². The Balaban J connectivity index is 0.000000261. The van der Waals surface area contributed by atoms with Gasteiger partial charge in [-0.05, 0) is 12.1 Å². The monoisotopic (exact) mass is 178 g/mol. The predicted molar refractivity (Wildman–Crippen MR) is 40.1 cm³/mol. The highest BCUT2D eigenvalue weighted by molar-refractivity contribution is 5.20. The van der Waals surface area contributed by atoms with Gasteiger partial charge in [0.15, 0.2) is 0 Å². The van der Waals surface area contributed by atoms with Gasteiger partial charge in [0.25, 0.3) is 0 Å². The van der Waals surface area contributed by atoms with Crippen molar-refractivity contribution in [2.75, 3.05) is 7.11 Å². The van der Waals surface area contributed by atoms with Gasteiger partial charge < -0.3 is 4.74 Å². The lowest BCUT2D eigenvalue weighted by Gasteiger charge is -1.93. The maximum atomic E-state index is 9.67. The van der Waals surface area contributed by atoms with Crippen molar-refractivity contribution in [2.45, 2.75) is 6.68 Å². The van der Waals surface area contributed by atoms with Gasteiger partial charge in [0.1, 0.15) is 5.75 Å². The van der Waals surface area contributed by atoms with E-state index in [9.17, 15) is 13.2 Å². The molecule has 68 valence electrons. The van der Waals surface area contributed by atoms with Crippen LogP contribution in [0.25, 0.3) is 0 Å². The Labute approximate surface area is 68.8 Å². The number of halogens is 3. The summed E-state index contributed by atoms with van der Waals surface area (Å²) in [5.74, 6) is 0.910. The van der Waals surface area contributed by atoms with Crippen molar-refractivity contribution < 1.29 is 17.9 Å². The van der Waals surface area contributed by atoms with E-state index in [4.69, 9.17) is 4.74 Å². The summed E-state index contributed by atoms with van der Waals surface area (Å²) in [4.78, 5) is 0. The van der Waals surface area contributed by atoms with Crippen LogP contribution < -0.4 is 4.74 Å². The molecule has 1 nitrogen and oxygen atoms in total. The summed E-state index contributed by atoms with van der Waals surface area (Å²) in [6.07, 6.45) is 0. The van der Waals surface area contributed by atoms with Crippen molar-refractivity contribution in [3.8, 4) is 5.75 Å². The van der Waals surface area contributed by atoms with Crippen LogP contribution in [0, 0.1) is 0 Å². The molecule has 1 aromatic rings. The average Bonchev–Trinajstić information content (AvgIpc) is 2.05. The fraction of sp³-hybridized carbons (Fsp3) is 0.250. The zero-order valence-corrected chi connectivity index (χ0v) is 6.51. The van der Waals surface area contributed by atoms with Gasteiger partial charge in [0.05, 0.1) is 7.11 Å². The number of para-hydroxylation sites is 1. The highest BCUT2D eigenvalue weighted by atomic mass is 19.4. The molecule has 0 aromatic heterocycles. The van der Waals surface area contributed by atoms with E-state index in [2.05, 4.69) is 0 Å². The molecular weight excluding hydrogens is 169 g/mol. The van der Waals surface area contributed by atoms with E-state index < -0.39 is 6.68 Å². The molecule has 0 aliphatic carbocycles. The number of ether oxygens (including phenoxy) is 1. The van der Waals surface area contributed by atoms with E-state index in [0.717, 1.165) is 5.75 Å². The lowest BCUT2D eigenvalue weighted by molar-refractivity contribution is 0.00819. The Hall–Kier alpha value is -1.19. The van der Waals surface area contributed by atoms with Crippen molar-refractivity contribution >= 4 is 0 Å². The van der Waals surface area contributed by atoms with Crippen LogP contribution >= 0.6 is 0 Å². The molecule has 0 amide bonds. The van der Waals surface area contributed by atoms with Crippen LogP contribution in [0.5, 0.6) is 5.75 Å². The molecule has 0 aliphatic rings. The second kappa shape index (κ2) is 6.52. The highest BCUT2D eigenvalue weighted by Crippen LogP contribution is 2.05. The number of methoxy groups -OCH3 is 1. The molecule has 1 rings (SSSR count). The molecule has 0 bridgehead atoms. The van der Waals surface area contributed by atoms with Gasteiger partial charge in [-0.3, -0.25) is 0 Å². The van der Waals surface area contributed by atoms with Crippen molar-refractivity contribution in [3.05, 3.63) is 30.3 Å². The van der Waals surface area contributed by atoms with Gasteiger partial charge in [-0.25, -0.2) is 0 Å². The van der Waals surface area contributed by atoms with Crippen molar-refractivity contribution in [2.24, 2.45) is 0 Å². The molecule has 0 N–H and O–H groups in total. The zero-order valence-electron chi connectivity index (χ0n) is 6.51. The topological polar surface area (TPSA) is 9.23 Å². The van der Waals surface area contributed by atoms with Crippen LogP contribution in [0.2, 0.25) is 0 Å². The predicted octanol–water partition coefficient (Wildman–Crippen LogP) is 2.87. The van der Waals surface area contributed by atoms with Crippen LogP contribution in [0.3, 0.4) is 0 Å². The smallest absolute Gasteiger partial charge is 0.379 e. The van der Waals surface area contributed by atoms with E-state index in [1.54, 1.807) is 7.11 Å². The molecular formula is C8H9F3O. The first kappa shape index (κ1) is 10.8. The zero-order chi connectivity index (χ0) is 9.40. The fourth-order valence-corrected chi connectivity index (χ4v) is 0.557. The maximum Gasteiger partial charge on any atom is 0.379 e. The molecule has 0 radical (unpaired) electrons. The number of alkyl halides is 3. The molecule has 0 atom stereocenters. The Morgan fingerprint density at radius 3 is 1.75 bits per heavy atom. The molecule has 4 heteroatoms. The quantitative estimate of drug-likeness (QED) is 0.642. The summed E-state index contributed by atoms with van der Waals surface area (Å²) >= 11 is 0. The summed E-state index contributed by atoms with van der Waals surface area (Å²) in [5.41, 5.74) is 0. The molecule has 12 heavy (non-hydrogen) atoms. The Morgan fingerprint density at radius 2 is 1.50 bits per heavy atom. The third-order valence-corrected chi connectivity index (χ3v) is 0.979. The fourth-order valence-electron chi connectivity index (χ4n) is 0.557. The summed E-state index contributed by atoms with van der Waals surface area (Å²) in [6.45, 7) is -3.67. The van der Waals surface area contributed by atoms with Crippen molar-refractivity contribution in [3.63, 3.8) is 0 Å². The molecule has 0 heterocycles. The van der Waals surface area contributed by atoms with Gasteiger partial charge in [0, 0.05) is 0 Å². The van der Waals surface area contributed by atoms with Gasteiger partial charge >= 0.3 is 6.68 Å². The van der Waals surface area contributed by atoms with Gasteiger partial charge in [-0.1, -0.05) is 18.2 Å². The van der Waals surface area contributed by atoms with Crippen LogP contribution in [-0.4, -0.2) is 13.8 Å². The third kappa shape index (κ3) is 6.92. The number of hydrogen-bond acceptors (Lipinski definition) is 1.